The Morgan fingerprint density at radius 1 is 1.37 bits per heavy atom. The number of carbonyl (C=O) groups excluding carboxylic acids is 2. The van der Waals surface area contributed by atoms with Gasteiger partial charge in [0.15, 0.2) is 0 Å². The molecule has 0 aromatic carbocycles. The number of nitrogens with zero attached hydrogens (tertiary/aromatic N) is 1. The minimum Gasteiger partial charge on any atom is -0.480 e. The number of rotatable bonds is 5. The summed E-state index contributed by atoms with van der Waals surface area (Å²) in [5.41, 5.74) is 0. The average Bonchev–Trinajstić information content (AvgIpc) is 2.91. The first kappa shape index (κ1) is 13.8. The highest BCUT2D eigenvalue weighted by Crippen LogP contribution is 2.37. The van der Waals surface area contributed by atoms with Gasteiger partial charge in [0, 0.05) is 25.4 Å². The smallest absolute Gasteiger partial charge is 0.326 e. The van der Waals surface area contributed by atoms with Crippen molar-refractivity contribution >= 4 is 17.8 Å². The molecule has 2 aliphatic rings. The van der Waals surface area contributed by atoms with Crippen LogP contribution in [0.4, 0.5) is 0 Å². The van der Waals surface area contributed by atoms with Gasteiger partial charge in [-0.3, -0.25) is 9.59 Å². The van der Waals surface area contributed by atoms with E-state index in [4.69, 9.17) is 5.11 Å². The fourth-order valence-corrected chi connectivity index (χ4v) is 2.58. The van der Waals surface area contributed by atoms with Crippen molar-refractivity contribution in [2.24, 2.45) is 11.8 Å². The first-order valence-electron chi connectivity index (χ1n) is 6.80. The molecule has 6 heteroatoms. The molecule has 2 N–H and O–H groups in total. The van der Waals surface area contributed by atoms with Gasteiger partial charge >= 0.3 is 5.97 Å². The van der Waals surface area contributed by atoms with E-state index < -0.39 is 12.0 Å². The maximum absolute atomic E-state index is 11.9. The van der Waals surface area contributed by atoms with Crippen molar-refractivity contribution in [2.45, 2.75) is 38.6 Å². The van der Waals surface area contributed by atoms with Crippen LogP contribution in [-0.4, -0.2) is 46.9 Å². The standard InChI is InChI=1S/C13H20N2O4/c1-8-7-9(8)12(17)14-5-4-11(16)15-6-2-3-10(15)13(18)19/h8-10H,2-7H2,1H3,(H,14,17)(H,18,19). The SMILES string of the molecule is CC1CC1C(=O)NCCC(=O)N1CCCC1C(=O)O. The number of carboxylic acids is 1. The molecule has 3 atom stereocenters. The lowest BCUT2D eigenvalue weighted by Gasteiger charge is -2.21. The van der Waals surface area contributed by atoms with Gasteiger partial charge in [-0.05, 0) is 25.2 Å². The molecular weight excluding hydrogens is 248 g/mol. The van der Waals surface area contributed by atoms with Gasteiger partial charge in [-0.2, -0.15) is 0 Å². The molecule has 0 bridgehead atoms. The van der Waals surface area contributed by atoms with Crippen LogP contribution in [0.2, 0.25) is 0 Å². The minimum atomic E-state index is -0.943. The zero-order valence-corrected chi connectivity index (χ0v) is 11.1. The maximum Gasteiger partial charge on any atom is 0.326 e. The van der Waals surface area contributed by atoms with Gasteiger partial charge in [0.05, 0.1) is 0 Å². The van der Waals surface area contributed by atoms with Crippen molar-refractivity contribution < 1.29 is 19.5 Å². The molecular formula is C13H20N2O4. The predicted octanol–water partition coefficient (Wildman–Crippen LogP) is 0.224. The first-order chi connectivity index (χ1) is 9.00. The minimum absolute atomic E-state index is 0.0107. The van der Waals surface area contributed by atoms with E-state index in [1.807, 2.05) is 6.92 Å². The molecule has 106 valence electrons. The van der Waals surface area contributed by atoms with Crippen LogP contribution in [0.5, 0.6) is 0 Å². The maximum atomic E-state index is 11.9. The Morgan fingerprint density at radius 2 is 2.05 bits per heavy atom. The van der Waals surface area contributed by atoms with Crippen LogP contribution in [0.25, 0.3) is 0 Å². The van der Waals surface area contributed by atoms with Gasteiger partial charge in [0.25, 0.3) is 0 Å². The first-order valence-corrected chi connectivity index (χ1v) is 6.80. The van der Waals surface area contributed by atoms with Crippen LogP contribution in [0, 0.1) is 11.8 Å². The van der Waals surface area contributed by atoms with Crippen LogP contribution in [0.15, 0.2) is 0 Å². The second kappa shape index (κ2) is 5.59. The second-order valence-electron chi connectivity index (χ2n) is 5.44. The van der Waals surface area contributed by atoms with E-state index in [2.05, 4.69) is 5.32 Å². The zero-order valence-electron chi connectivity index (χ0n) is 11.1. The number of hydrogen-bond donors (Lipinski definition) is 2. The highest BCUT2D eigenvalue weighted by atomic mass is 16.4. The van der Waals surface area contributed by atoms with E-state index in [1.165, 1.54) is 4.90 Å². The summed E-state index contributed by atoms with van der Waals surface area (Å²) in [6, 6.07) is -0.688. The van der Waals surface area contributed by atoms with E-state index in [-0.39, 0.29) is 24.2 Å². The van der Waals surface area contributed by atoms with Gasteiger partial charge in [-0.1, -0.05) is 6.92 Å². The Hall–Kier alpha value is -1.59. The van der Waals surface area contributed by atoms with Crippen LogP contribution in [0.1, 0.15) is 32.6 Å². The van der Waals surface area contributed by atoms with Gasteiger partial charge in [0.1, 0.15) is 6.04 Å². The van der Waals surface area contributed by atoms with Crippen molar-refractivity contribution in [1.82, 2.24) is 10.2 Å². The second-order valence-corrected chi connectivity index (χ2v) is 5.44. The van der Waals surface area contributed by atoms with Gasteiger partial charge in [-0.15, -0.1) is 0 Å². The van der Waals surface area contributed by atoms with E-state index in [9.17, 15) is 14.4 Å². The number of carboxylic acid groups (broad SMARTS) is 1. The van der Waals surface area contributed by atoms with Crippen molar-refractivity contribution in [2.75, 3.05) is 13.1 Å². The Morgan fingerprint density at radius 3 is 2.63 bits per heavy atom. The van der Waals surface area contributed by atoms with Crippen LogP contribution >= 0.6 is 0 Å². The normalized spacial score (nSPS) is 29.1. The van der Waals surface area contributed by atoms with E-state index in [0.29, 0.717) is 25.4 Å². The fourth-order valence-electron chi connectivity index (χ4n) is 2.58. The molecule has 19 heavy (non-hydrogen) atoms. The summed E-state index contributed by atoms with van der Waals surface area (Å²) in [6.07, 6.45) is 2.35. The van der Waals surface area contributed by atoms with Crippen molar-refractivity contribution in [3.05, 3.63) is 0 Å². The van der Waals surface area contributed by atoms with Crippen molar-refractivity contribution in [3.8, 4) is 0 Å². The van der Waals surface area contributed by atoms with Gasteiger partial charge < -0.3 is 15.3 Å². The lowest BCUT2D eigenvalue weighted by atomic mass is 10.2. The zero-order chi connectivity index (χ0) is 14.0. The summed E-state index contributed by atoms with van der Waals surface area (Å²) in [7, 11) is 0. The number of nitrogens with one attached hydrogen (secondary N) is 1. The van der Waals surface area contributed by atoms with Crippen LogP contribution in [-0.2, 0) is 14.4 Å². The third-order valence-electron chi connectivity index (χ3n) is 3.94. The lowest BCUT2D eigenvalue weighted by Crippen LogP contribution is -2.41. The molecule has 2 amide bonds. The molecule has 0 radical (unpaired) electrons. The molecule has 1 saturated heterocycles. The Balaban J connectivity index is 1.72. The summed E-state index contributed by atoms with van der Waals surface area (Å²) in [5, 5.41) is 11.7. The fraction of sp³-hybridized carbons (Fsp3) is 0.769. The number of hydrogen-bond acceptors (Lipinski definition) is 3. The predicted molar refractivity (Wildman–Crippen MR) is 67.3 cm³/mol. The number of likely N-dealkylation sites (tertiary alicyclic amines) is 1. The summed E-state index contributed by atoms with van der Waals surface area (Å²) in [6.45, 7) is 2.82. The van der Waals surface area contributed by atoms with Gasteiger partial charge in [0.2, 0.25) is 11.8 Å². The Kier molecular flexibility index (Phi) is 4.07. The van der Waals surface area contributed by atoms with E-state index >= 15 is 0 Å². The number of amides is 2. The summed E-state index contributed by atoms with van der Waals surface area (Å²) in [4.78, 5) is 35.8. The third-order valence-corrected chi connectivity index (χ3v) is 3.94. The van der Waals surface area contributed by atoms with E-state index in [0.717, 1.165) is 12.8 Å². The van der Waals surface area contributed by atoms with E-state index in [1.54, 1.807) is 0 Å². The summed E-state index contributed by atoms with van der Waals surface area (Å²) >= 11 is 0. The van der Waals surface area contributed by atoms with Crippen LogP contribution in [0.3, 0.4) is 0 Å². The highest BCUT2D eigenvalue weighted by Gasteiger charge is 2.39. The molecule has 6 nitrogen and oxygen atoms in total. The average molecular weight is 268 g/mol. The van der Waals surface area contributed by atoms with Crippen LogP contribution < -0.4 is 5.32 Å². The monoisotopic (exact) mass is 268 g/mol. The van der Waals surface area contributed by atoms with Gasteiger partial charge in [-0.25, -0.2) is 4.79 Å². The Labute approximate surface area is 112 Å². The molecule has 3 unspecified atom stereocenters. The highest BCUT2D eigenvalue weighted by molar-refractivity contribution is 5.85. The molecule has 1 aliphatic carbocycles. The summed E-state index contributed by atoms with van der Waals surface area (Å²) in [5.74, 6) is -0.563. The lowest BCUT2D eigenvalue weighted by molar-refractivity contribution is -0.148. The quantitative estimate of drug-likeness (QED) is 0.747. The number of carbonyl (C=O) groups is 3. The summed E-state index contributed by atoms with van der Waals surface area (Å²) < 4.78 is 0. The number of aliphatic carboxylic acids is 1. The molecule has 0 spiro atoms. The van der Waals surface area contributed by atoms with Crippen molar-refractivity contribution in [1.29, 1.82) is 0 Å². The Bertz CT molecular complexity index is 396. The molecule has 1 saturated carbocycles. The third kappa shape index (κ3) is 3.24. The topological polar surface area (TPSA) is 86.7 Å². The molecule has 0 aromatic rings. The molecule has 1 aliphatic heterocycles. The van der Waals surface area contributed by atoms with Crippen molar-refractivity contribution in [3.63, 3.8) is 0 Å². The molecule has 0 aromatic heterocycles. The largest absolute Gasteiger partial charge is 0.480 e. The molecule has 2 fully saturated rings. The molecule has 2 rings (SSSR count). The molecule has 1 heterocycles.